The number of carbonyl (C=O) groups is 2. The summed E-state index contributed by atoms with van der Waals surface area (Å²) in [5, 5.41) is 9.31. The van der Waals surface area contributed by atoms with E-state index in [2.05, 4.69) is 25.7 Å². The molecule has 0 heterocycles. The zero-order chi connectivity index (χ0) is 38.2. The lowest BCUT2D eigenvalue weighted by Gasteiger charge is -2.23. The second-order valence-corrected chi connectivity index (χ2v) is 17.4. The number of aliphatic hydroxyl groups is 1. The lowest BCUT2D eigenvalue weighted by Crippen LogP contribution is -2.28. The molecule has 1 rings (SSSR count). The number of hydrogen-bond donors (Lipinski definition) is 1. The molecule has 0 amide bonds. The lowest BCUT2D eigenvalue weighted by molar-refractivity contribution is -0.154. The molecule has 0 aliphatic heterocycles. The SMILES string of the molecule is CCCCCCCCCOC(=O)C(C)(C)CCCCCCN(CCCCO)CCCCCC1(CC(=O)OCCCCC(CCCC)CCCC)CC1. The van der Waals surface area contributed by atoms with Crippen LogP contribution in [0.25, 0.3) is 0 Å². The maximum Gasteiger partial charge on any atom is 0.311 e. The summed E-state index contributed by atoms with van der Waals surface area (Å²) in [6.07, 6.45) is 35.3. The predicted octanol–water partition coefficient (Wildman–Crippen LogP) is 12.8. The van der Waals surface area contributed by atoms with E-state index in [0.717, 1.165) is 83.3 Å². The highest BCUT2D eigenvalue weighted by Gasteiger charge is 2.43. The number of rotatable bonds is 39. The molecule has 52 heavy (non-hydrogen) atoms. The zero-order valence-corrected chi connectivity index (χ0v) is 35.6. The number of ether oxygens (including phenoxy) is 2. The summed E-state index contributed by atoms with van der Waals surface area (Å²) in [4.78, 5) is 27.9. The van der Waals surface area contributed by atoms with Gasteiger partial charge in [0.1, 0.15) is 0 Å². The molecule has 0 aromatic heterocycles. The largest absolute Gasteiger partial charge is 0.466 e. The van der Waals surface area contributed by atoms with Crippen LogP contribution < -0.4 is 0 Å². The van der Waals surface area contributed by atoms with Crippen LogP contribution in [0.15, 0.2) is 0 Å². The predicted molar refractivity (Wildman–Crippen MR) is 221 cm³/mol. The van der Waals surface area contributed by atoms with E-state index in [1.807, 2.05) is 13.8 Å². The van der Waals surface area contributed by atoms with Crippen molar-refractivity contribution in [3.63, 3.8) is 0 Å². The number of aliphatic hydroxyl groups excluding tert-OH is 1. The van der Waals surface area contributed by atoms with Crippen LogP contribution in [-0.4, -0.2) is 61.4 Å². The fourth-order valence-electron chi connectivity index (χ4n) is 7.76. The lowest BCUT2D eigenvalue weighted by atomic mass is 9.87. The molecule has 0 unspecified atom stereocenters. The summed E-state index contributed by atoms with van der Waals surface area (Å²) in [7, 11) is 0. The standard InChI is InChI=1S/C46H89NO5/c1-6-9-12-13-14-17-26-40-52-44(50)45(4,5)31-20-15-16-22-35-47(37-24-25-38-48)36-23-18-21-32-46(33-34-46)41-43(49)51-39-27-19-30-42(28-10-7-2)29-11-8-3/h42,48H,6-41H2,1-5H3. The number of esters is 2. The highest BCUT2D eigenvalue weighted by atomic mass is 16.5. The maximum absolute atomic E-state index is 12.7. The Morgan fingerprint density at radius 2 is 1.12 bits per heavy atom. The smallest absolute Gasteiger partial charge is 0.311 e. The molecule has 0 radical (unpaired) electrons. The molecular weight excluding hydrogens is 647 g/mol. The van der Waals surface area contributed by atoms with Gasteiger partial charge in [-0.2, -0.15) is 0 Å². The number of nitrogens with zero attached hydrogens (tertiary/aromatic N) is 1. The van der Waals surface area contributed by atoms with Gasteiger partial charge in [0.15, 0.2) is 0 Å². The zero-order valence-electron chi connectivity index (χ0n) is 35.6. The monoisotopic (exact) mass is 736 g/mol. The molecule has 0 saturated heterocycles. The Hall–Kier alpha value is -1.14. The van der Waals surface area contributed by atoms with Crippen LogP contribution in [0, 0.1) is 16.7 Å². The van der Waals surface area contributed by atoms with Crippen molar-refractivity contribution < 1.29 is 24.2 Å². The van der Waals surface area contributed by atoms with Gasteiger partial charge in [0.25, 0.3) is 0 Å². The van der Waals surface area contributed by atoms with E-state index < -0.39 is 5.41 Å². The second kappa shape index (κ2) is 32.1. The molecule has 1 N–H and O–H groups in total. The Bertz CT molecular complexity index is 833. The minimum atomic E-state index is -0.401. The molecule has 0 spiro atoms. The average Bonchev–Trinajstić information content (AvgIpc) is 3.89. The van der Waals surface area contributed by atoms with E-state index in [1.54, 1.807) is 0 Å². The van der Waals surface area contributed by atoms with Gasteiger partial charge in [-0.15, -0.1) is 0 Å². The molecule has 6 heteroatoms. The summed E-state index contributed by atoms with van der Waals surface area (Å²) in [6.45, 7) is 15.6. The molecule has 1 aliphatic carbocycles. The molecule has 1 saturated carbocycles. The minimum Gasteiger partial charge on any atom is -0.466 e. The topological polar surface area (TPSA) is 76.1 Å². The molecule has 1 aliphatic rings. The first-order chi connectivity index (χ1) is 25.2. The van der Waals surface area contributed by atoms with Crippen LogP contribution in [0.5, 0.6) is 0 Å². The van der Waals surface area contributed by atoms with Gasteiger partial charge in [-0.3, -0.25) is 9.59 Å². The van der Waals surface area contributed by atoms with Crippen LogP contribution in [0.2, 0.25) is 0 Å². The van der Waals surface area contributed by atoms with Crippen molar-refractivity contribution in [1.29, 1.82) is 0 Å². The van der Waals surface area contributed by atoms with Crippen molar-refractivity contribution in [3.05, 3.63) is 0 Å². The Balaban J connectivity index is 2.20. The van der Waals surface area contributed by atoms with E-state index in [4.69, 9.17) is 9.47 Å². The highest BCUT2D eigenvalue weighted by Crippen LogP contribution is 2.53. The van der Waals surface area contributed by atoms with Gasteiger partial charge < -0.3 is 19.5 Å². The van der Waals surface area contributed by atoms with Crippen molar-refractivity contribution >= 4 is 11.9 Å². The van der Waals surface area contributed by atoms with Crippen LogP contribution in [0.3, 0.4) is 0 Å². The van der Waals surface area contributed by atoms with Gasteiger partial charge in [-0.05, 0) is 115 Å². The Morgan fingerprint density at radius 1 is 0.615 bits per heavy atom. The summed E-state index contributed by atoms with van der Waals surface area (Å²) >= 11 is 0. The Morgan fingerprint density at radius 3 is 1.73 bits per heavy atom. The molecule has 0 aromatic rings. The quantitative estimate of drug-likeness (QED) is 0.0500. The number of hydrogen-bond acceptors (Lipinski definition) is 6. The van der Waals surface area contributed by atoms with E-state index >= 15 is 0 Å². The van der Waals surface area contributed by atoms with Gasteiger partial charge in [0.2, 0.25) is 0 Å². The third-order valence-electron chi connectivity index (χ3n) is 11.8. The molecular formula is C46H89NO5. The Kier molecular flexibility index (Phi) is 30.2. The summed E-state index contributed by atoms with van der Waals surface area (Å²) in [5.74, 6) is 0.855. The highest BCUT2D eigenvalue weighted by molar-refractivity contribution is 5.75. The van der Waals surface area contributed by atoms with E-state index in [1.165, 1.54) is 128 Å². The number of unbranched alkanes of at least 4 members (excludes halogenated alkanes) is 15. The van der Waals surface area contributed by atoms with Crippen molar-refractivity contribution in [1.82, 2.24) is 4.90 Å². The third kappa shape index (κ3) is 26.6. The number of carbonyl (C=O) groups excluding carboxylic acids is 2. The van der Waals surface area contributed by atoms with E-state index in [9.17, 15) is 14.7 Å². The van der Waals surface area contributed by atoms with Crippen LogP contribution in [0.1, 0.15) is 227 Å². The maximum atomic E-state index is 12.7. The molecule has 1 fully saturated rings. The van der Waals surface area contributed by atoms with Crippen molar-refractivity contribution in [3.8, 4) is 0 Å². The van der Waals surface area contributed by atoms with Gasteiger partial charge in [-0.25, -0.2) is 0 Å². The fraction of sp³-hybridized carbons (Fsp3) is 0.957. The normalized spacial score (nSPS) is 14.0. The van der Waals surface area contributed by atoms with Crippen LogP contribution in [-0.2, 0) is 19.1 Å². The summed E-state index contributed by atoms with van der Waals surface area (Å²) < 4.78 is 11.4. The van der Waals surface area contributed by atoms with Gasteiger partial charge in [-0.1, -0.05) is 136 Å². The molecule has 0 bridgehead atoms. The average molecular weight is 736 g/mol. The van der Waals surface area contributed by atoms with Gasteiger partial charge in [0.05, 0.1) is 25.0 Å². The van der Waals surface area contributed by atoms with E-state index in [-0.39, 0.29) is 24.0 Å². The summed E-state index contributed by atoms with van der Waals surface area (Å²) in [5.41, 5.74) is -0.176. The van der Waals surface area contributed by atoms with Crippen LogP contribution >= 0.6 is 0 Å². The fourth-order valence-corrected chi connectivity index (χ4v) is 7.76. The first kappa shape index (κ1) is 48.9. The molecule has 6 nitrogen and oxygen atoms in total. The first-order valence-electron chi connectivity index (χ1n) is 22.9. The molecule has 0 atom stereocenters. The first-order valence-corrected chi connectivity index (χ1v) is 22.9. The Labute approximate surface area is 323 Å². The third-order valence-corrected chi connectivity index (χ3v) is 11.8. The van der Waals surface area contributed by atoms with Crippen molar-refractivity contribution in [2.24, 2.45) is 16.7 Å². The molecule has 0 aromatic carbocycles. The second-order valence-electron chi connectivity index (χ2n) is 17.4. The molecule has 308 valence electrons. The van der Waals surface area contributed by atoms with Gasteiger partial charge >= 0.3 is 11.9 Å². The van der Waals surface area contributed by atoms with Gasteiger partial charge in [0, 0.05) is 6.61 Å². The minimum absolute atomic E-state index is 0.0309. The van der Waals surface area contributed by atoms with Crippen LogP contribution in [0.4, 0.5) is 0 Å². The summed E-state index contributed by atoms with van der Waals surface area (Å²) in [6, 6.07) is 0. The van der Waals surface area contributed by atoms with Crippen molar-refractivity contribution in [2.75, 3.05) is 39.5 Å². The van der Waals surface area contributed by atoms with Crippen molar-refractivity contribution in [2.45, 2.75) is 227 Å². The van der Waals surface area contributed by atoms with E-state index in [0.29, 0.717) is 19.6 Å².